The molecule has 0 heterocycles. The molecule has 156 valence electrons. The number of ketones is 4. The molecule has 0 amide bonds. The first-order chi connectivity index (χ1) is 14.8. The Bertz CT molecular complexity index is 1020. The number of fused-ring (bicyclic) bond motifs is 2. The number of benzene rings is 2. The summed E-state index contributed by atoms with van der Waals surface area (Å²) in [5.74, 6) is -3.44. The molecular formula is C22H15O8P. The molecule has 0 fully saturated rings. The summed E-state index contributed by atoms with van der Waals surface area (Å²) in [5.41, 5.74) is 0.663. The highest BCUT2D eigenvalue weighted by atomic mass is 31.2. The fourth-order valence-corrected chi connectivity index (χ4v) is 4.36. The van der Waals surface area contributed by atoms with Crippen LogP contribution in [0.4, 0.5) is 0 Å². The normalized spacial score (nSPS) is 16.1. The average Bonchev–Trinajstić information content (AvgIpc) is 3.15. The van der Waals surface area contributed by atoms with Crippen molar-refractivity contribution in [1.82, 2.24) is 0 Å². The Morgan fingerprint density at radius 1 is 0.742 bits per heavy atom. The van der Waals surface area contributed by atoms with E-state index in [9.17, 15) is 24.0 Å². The van der Waals surface area contributed by atoms with Crippen molar-refractivity contribution in [3.63, 3.8) is 0 Å². The van der Waals surface area contributed by atoms with Gasteiger partial charge in [-0.3, -0.25) is 28.2 Å². The fraction of sp³-hybridized carbons (Fsp3) is 0.136. The predicted molar refractivity (Wildman–Crippen MR) is 108 cm³/mol. The van der Waals surface area contributed by atoms with Crippen LogP contribution in [0.25, 0.3) is 0 Å². The molecule has 0 saturated heterocycles. The zero-order valence-electron chi connectivity index (χ0n) is 16.2. The summed E-state index contributed by atoms with van der Waals surface area (Å²) in [5, 5.41) is 0. The zero-order chi connectivity index (χ0) is 22.3. The largest absolute Gasteiger partial charge is 0.402 e. The van der Waals surface area contributed by atoms with Gasteiger partial charge in [0.05, 0.1) is 0 Å². The summed E-state index contributed by atoms with van der Waals surface area (Å²) >= 11 is 0. The number of hydrogen-bond donors (Lipinski definition) is 0. The molecule has 2 aromatic rings. The maximum Gasteiger partial charge on any atom is 0.402 e. The van der Waals surface area contributed by atoms with Gasteiger partial charge >= 0.3 is 14.6 Å². The van der Waals surface area contributed by atoms with E-state index in [2.05, 4.69) is 6.58 Å². The Hall–Kier alpha value is -3.32. The number of carbonyl (C=O) groups is 5. The van der Waals surface area contributed by atoms with Crippen molar-refractivity contribution in [3.8, 4) is 0 Å². The second-order valence-electron chi connectivity index (χ2n) is 6.90. The van der Waals surface area contributed by atoms with Gasteiger partial charge in [0.2, 0.25) is 23.1 Å². The number of Topliss-reactive ketones (excluding diaryl/α,β-unsaturated/α-hetero) is 4. The topological polar surface area (TPSA) is 113 Å². The minimum absolute atomic E-state index is 0.000535. The van der Waals surface area contributed by atoms with Gasteiger partial charge in [-0.05, 0) is 6.92 Å². The van der Waals surface area contributed by atoms with Crippen LogP contribution >= 0.6 is 8.60 Å². The van der Waals surface area contributed by atoms with E-state index in [0.717, 1.165) is 0 Å². The van der Waals surface area contributed by atoms with E-state index in [1.165, 1.54) is 31.2 Å². The van der Waals surface area contributed by atoms with E-state index >= 15 is 0 Å². The van der Waals surface area contributed by atoms with Crippen LogP contribution in [-0.2, 0) is 18.4 Å². The lowest BCUT2D eigenvalue weighted by Crippen LogP contribution is -2.29. The molecule has 2 aliphatic rings. The summed E-state index contributed by atoms with van der Waals surface area (Å²) in [6, 6.07) is 12.3. The van der Waals surface area contributed by atoms with Gasteiger partial charge in [-0.25, -0.2) is 4.79 Å². The van der Waals surface area contributed by atoms with Gasteiger partial charge in [0.1, 0.15) is 0 Å². The lowest BCUT2D eigenvalue weighted by Gasteiger charge is -2.20. The van der Waals surface area contributed by atoms with Crippen LogP contribution in [0.2, 0.25) is 0 Å². The Labute approximate surface area is 177 Å². The summed E-state index contributed by atoms with van der Waals surface area (Å²) < 4.78 is 16.0. The van der Waals surface area contributed by atoms with Crippen molar-refractivity contribution < 1.29 is 37.5 Å². The monoisotopic (exact) mass is 438 g/mol. The molecule has 0 atom stereocenters. The quantitative estimate of drug-likeness (QED) is 0.384. The van der Waals surface area contributed by atoms with E-state index in [1.807, 2.05) is 0 Å². The molecule has 31 heavy (non-hydrogen) atoms. The first kappa shape index (κ1) is 20.9. The maximum atomic E-state index is 12.6. The number of carbonyl (C=O) groups excluding carboxylic acids is 5. The Kier molecular flexibility index (Phi) is 5.45. The molecule has 4 rings (SSSR count). The standard InChI is InChI=1S/C22H15O8P/c1-11(2)22(27)30-31(28-20-16(23)12-7-3-4-8-13(12)17(20)24)29-21-18(25)14-9-5-6-10-15(14)19(21)26/h3-10,20-21H,1H2,2H3. The van der Waals surface area contributed by atoms with E-state index in [0.29, 0.717) is 0 Å². The van der Waals surface area contributed by atoms with Gasteiger partial charge in [0.25, 0.3) is 0 Å². The third-order valence-corrected chi connectivity index (χ3v) is 5.84. The Morgan fingerprint density at radius 2 is 1.06 bits per heavy atom. The van der Waals surface area contributed by atoms with Crippen molar-refractivity contribution in [2.75, 3.05) is 0 Å². The molecular weight excluding hydrogens is 423 g/mol. The summed E-state index contributed by atoms with van der Waals surface area (Å²) in [6.45, 7) is 4.83. The maximum absolute atomic E-state index is 12.6. The lowest BCUT2D eigenvalue weighted by molar-refractivity contribution is -0.131. The zero-order valence-corrected chi connectivity index (χ0v) is 17.1. The van der Waals surface area contributed by atoms with Crippen molar-refractivity contribution in [2.24, 2.45) is 0 Å². The van der Waals surface area contributed by atoms with Gasteiger partial charge in [-0.1, -0.05) is 55.1 Å². The number of rotatable bonds is 6. The molecule has 0 N–H and O–H groups in total. The summed E-state index contributed by atoms with van der Waals surface area (Å²) in [7, 11) is -2.76. The SMILES string of the molecule is C=C(C)C(=O)OP(OC1C(=O)c2ccccc2C1=O)OC1C(=O)c2ccccc2C1=O. The average molecular weight is 438 g/mol. The summed E-state index contributed by atoms with van der Waals surface area (Å²) in [4.78, 5) is 62.6. The van der Waals surface area contributed by atoms with Crippen molar-refractivity contribution in [3.05, 3.63) is 82.9 Å². The predicted octanol–water partition coefficient (Wildman–Crippen LogP) is 3.26. The second kappa shape index (κ2) is 8.07. The molecule has 0 aromatic heterocycles. The molecule has 2 aliphatic carbocycles. The first-order valence-electron chi connectivity index (χ1n) is 9.16. The van der Waals surface area contributed by atoms with Crippen molar-refractivity contribution >= 4 is 37.7 Å². The molecule has 0 unspecified atom stereocenters. The smallest absolute Gasteiger partial charge is 0.391 e. The fourth-order valence-electron chi connectivity index (χ4n) is 3.21. The third kappa shape index (κ3) is 3.65. The molecule has 0 aliphatic heterocycles. The molecule has 0 radical (unpaired) electrons. The molecule has 8 nitrogen and oxygen atoms in total. The van der Waals surface area contributed by atoms with E-state index in [-0.39, 0.29) is 27.8 Å². The van der Waals surface area contributed by atoms with E-state index in [1.54, 1.807) is 24.3 Å². The number of hydrogen-bond acceptors (Lipinski definition) is 8. The van der Waals surface area contributed by atoms with Crippen molar-refractivity contribution in [2.45, 2.75) is 19.1 Å². The van der Waals surface area contributed by atoms with Gasteiger partial charge < -0.3 is 4.52 Å². The van der Waals surface area contributed by atoms with Crippen LogP contribution < -0.4 is 0 Å². The van der Waals surface area contributed by atoms with Crippen LogP contribution in [0.3, 0.4) is 0 Å². The molecule has 2 aromatic carbocycles. The van der Waals surface area contributed by atoms with Crippen molar-refractivity contribution in [1.29, 1.82) is 0 Å². The van der Waals surface area contributed by atoms with Gasteiger partial charge in [-0.2, -0.15) is 0 Å². The van der Waals surface area contributed by atoms with Crippen LogP contribution in [-0.4, -0.2) is 41.3 Å². The Balaban J connectivity index is 1.59. The molecule has 0 spiro atoms. The van der Waals surface area contributed by atoms with Gasteiger partial charge in [-0.15, -0.1) is 0 Å². The van der Waals surface area contributed by atoms with Crippen LogP contribution in [0, 0.1) is 0 Å². The van der Waals surface area contributed by atoms with Crippen LogP contribution in [0.15, 0.2) is 60.7 Å². The highest BCUT2D eigenvalue weighted by molar-refractivity contribution is 7.42. The van der Waals surface area contributed by atoms with Gasteiger partial charge in [0.15, 0.2) is 12.2 Å². The highest BCUT2D eigenvalue weighted by Crippen LogP contribution is 2.47. The van der Waals surface area contributed by atoms with Crippen LogP contribution in [0.5, 0.6) is 0 Å². The first-order valence-corrected chi connectivity index (χ1v) is 10.3. The minimum atomic E-state index is -2.76. The third-order valence-electron chi connectivity index (χ3n) is 4.76. The molecule has 9 heteroatoms. The minimum Gasteiger partial charge on any atom is -0.391 e. The second-order valence-corrected chi connectivity index (χ2v) is 7.95. The summed E-state index contributed by atoms with van der Waals surface area (Å²) in [6.07, 6.45) is -3.23. The van der Waals surface area contributed by atoms with E-state index < -0.39 is 49.9 Å². The lowest BCUT2D eigenvalue weighted by atomic mass is 10.1. The molecule has 0 bridgehead atoms. The van der Waals surface area contributed by atoms with Gasteiger partial charge in [0, 0.05) is 27.8 Å². The van der Waals surface area contributed by atoms with E-state index in [4.69, 9.17) is 13.6 Å². The molecule has 0 saturated carbocycles. The van der Waals surface area contributed by atoms with Crippen LogP contribution in [0.1, 0.15) is 48.4 Å². The highest BCUT2D eigenvalue weighted by Gasteiger charge is 2.46. The Morgan fingerprint density at radius 3 is 1.35 bits per heavy atom.